The molecule has 0 amide bonds. The molecular weight excluding hydrogens is 212 g/mol. The Morgan fingerprint density at radius 1 is 1.00 bits per heavy atom. The van der Waals surface area contributed by atoms with Gasteiger partial charge in [-0.3, -0.25) is 4.79 Å². The number of para-hydroxylation sites is 1. The van der Waals surface area contributed by atoms with Crippen LogP contribution in [0.5, 0.6) is 5.75 Å². The lowest BCUT2D eigenvalue weighted by Crippen LogP contribution is -2.03. The van der Waals surface area contributed by atoms with Gasteiger partial charge in [0.2, 0.25) is 0 Å². The second kappa shape index (κ2) is 5.30. The highest BCUT2D eigenvalue weighted by Gasteiger charge is 2.06. The molecule has 0 saturated heterocycles. The van der Waals surface area contributed by atoms with Gasteiger partial charge < -0.3 is 4.74 Å². The molecule has 2 heteroatoms. The van der Waals surface area contributed by atoms with Gasteiger partial charge in [-0.05, 0) is 19.1 Å². The minimum Gasteiger partial charge on any atom is -0.489 e. The predicted octanol–water partition coefficient (Wildman–Crippen LogP) is 3.47. The molecular formula is C15H14O2. The van der Waals surface area contributed by atoms with Crippen LogP contribution in [0.25, 0.3) is 0 Å². The second-order valence-corrected chi connectivity index (χ2v) is 3.82. The van der Waals surface area contributed by atoms with Crippen molar-refractivity contribution in [3.8, 4) is 5.75 Å². The summed E-state index contributed by atoms with van der Waals surface area (Å²) in [5.41, 5.74) is 1.65. The maximum atomic E-state index is 11.4. The van der Waals surface area contributed by atoms with Crippen molar-refractivity contribution >= 4 is 5.78 Å². The number of hydrogen-bond donors (Lipinski definition) is 0. The number of carbonyl (C=O) groups excluding carboxylic acids is 1. The Kier molecular flexibility index (Phi) is 3.55. The predicted molar refractivity (Wildman–Crippen MR) is 67.2 cm³/mol. The molecule has 0 N–H and O–H groups in total. The van der Waals surface area contributed by atoms with Crippen LogP contribution < -0.4 is 4.74 Å². The SMILES string of the molecule is CC(=O)c1ccccc1COc1ccccc1. The Balaban J connectivity index is 2.12. The topological polar surface area (TPSA) is 26.3 Å². The molecule has 0 saturated carbocycles. The normalized spacial score (nSPS) is 9.94. The molecule has 0 heterocycles. The molecule has 0 aromatic heterocycles. The smallest absolute Gasteiger partial charge is 0.160 e. The van der Waals surface area contributed by atoms with Gasteiger partial charge in [0.1, 0.15) is 12.4 Å². The van der Waals surface area contributed by atoms with Crippen molar-refractivity contribution in [1.82, 2.24) is 0 Å². The molecule has 17 heavy (non-hydrogen) atoms. The maximum absolute atomic E-state index is 11.4. The first-order valence-corrected chi connectivity index (χ1v) is 5.54. The third-order valence-corrected chi connectivity index (χ3v) is 2.53. The van der Waals surface area contributed by atoms with Crippen LogP contribution in [0, 0.1) is 0 Å². The van der Waals surface area contributed by atoms with E-state index in [9.17, 15) is 4.79 Å². The lowest BCUT2D eigenvalue weighted by molar-refractivity contribution is 0.101. The van der Waals surface area contributed by atoms with Crippen LogP contribution in [0.4, 0.5) is 0 Å². The van der Waals surface area contributed by atoms with Gasteiger partial charge in [-0.15, -0.1) is 0 Å². The highest BCUT2D eigenvalue weighted by atomic mass is 16.5. The van der Waals surface area contributed by atoms with E-state index in [1.165, 1.54) is 0 Å². The molecule has 2 rings (SSSR count). The van der Waals surface area contributed by atoms with E-state index < -0.39 is 0 Å². The fourth-order valence-electron chi connectivity index (χ4n) is 1.67. The van der Waals surface area contributed by atoms with Crippen LogP contribution in [0.1, 0.15) is 22.8 Å². The van der Waals surface area contributed by atoms with Gasteiger partial charge >= 0.3 is 0 Å². The Hall–Kier alpha value is -2.09. The molecule has 0 radical (unpaired) electrons. The average Bonchev–Trinajstić information content (AvgIpc) is 2.38. The zero-order valence-corrected chi connectivity index (χ0v) is 9.72. The molecule has 86 valence electrons. The minimum atomic E-state index is 0.0669. The average molecular weight is 226 g/mol. The van der Waals surface area contributed by atoms with E-state index in [0.717, 1.165) is 16.9 Å². The molecule has 2 aromatic carbocycles. The Labute approximate surface area is 101 Å². The van der Waals surface area contributed by atoms with Crippen LogP contribution in [0.15, 0.2) is 54.6 Å². The summed E-state index contributed by atoms with van der Waals surface area (Å²) in [6.45, 7) is 1.99. The van der Waals surface area contributed by atoms with Gasteiger partial charge in [0.15, 0.2) is 5.78 Å². The number of hydrogen-bond acceptors (Lipinski definition) is 2. The van der Waals surface area contributed by atoms with Crippen LogP contribution in [-0.2, 0) is 6.61 Å². The van der Waals surface area contributed by atoms with Gasteiger partial charge in [0, 0.05) is 11.1 Å². The number of Topliss-reactive ketones (excluding diaryl/α,β-unsaturated/α-hetero) is 1. The Morgan fingerprint density at radius 3 is 2.35 bits per heavy atom. The van der Waals surface area contributed by atoms with Crippen molar-refractivity contribution in [1.29, 1.82) is 0 Å². The van der Waals surface area contributed by atoms with Gasteiger partial charge in [-0.1, -0.05) is 42.5 Å². The first-order valence-electron chi connectivity index (χ1n) is 5.54. The number of rotatable bonds is 4. The first kappa shape index (κ1) is 11.4. The van der Waals surface area contributed by atoms with E-state index in [0.29, 0.717) is 6.61 Å². The lowest BCUT2D eigenvalue weighted by atomic mass is 10.1. The summed E-state index contributed by atoms with van der Waals surface area (Å²) in [7, 11) is 0. The van der Waals surface area contributed by atoms with Crippen LogP contribution in [0.2, 0.25) is 0 Å². The summed E-state index contributed by atoms with van der Waals surface area (Å²) < 4.78 is 5.63. The number of benzene rings is 2. The summed E-state index contributed by atoms with van der Waals surface area (Å²) in [6.07, 6.45) is 0. The summed E-state index contributed by atoms with van der Waals surface area (Å²) in [5, 5.41) is 0. The van der Waals surface area contributed by atoms with Gasteiger partial charge in [0.05, 0.1) is 0 Å². The van der Waals surface area contributed by atoms with E-state index in [-0.39, 0.29) is 5.78 Å². The van der Waals surface area contributed by atoms with Crippen LogP contribution >= 0.6 is 0 Å². The maximum Gasteiger partial charge on any atom is 0.160 e. The van der Waals surface area contributed by atoms with Gasteiger partial charge in [-0.25, -0.2) is 0 Å². The number of carbonyl (C=O) groups is 1. The van der Waals surface area contributed by atoms with Crippen molar-refractivity contribution in [2.75, 3.05) is 0 Å². The van der Waals surface area contributed by atoms with Crippen LogP contribution in [-0.4, -0.2) is 5.78 Å². The Morgan fingerprint density at radius 2 is 1.65 bits per heavy atom. The molecule has 0 unspecified atom stereocenters. The minimum absolute atomic E-state index is 0.0669. The molecule has 2 aromatic rings. The van der Waals surface area contributed by atoms with Crippen molar-refractivity contribution in [3.05, 3.63) is 65.7 Å². The summed E-state index contributed by atoms with van der Waals surface area (Å²) in [5.74, 6) is 0.878. The molecule has 0 atom stereocenters. The van der Waals surface area contributed by atoms with Crippen molar-refractivity contribution in [2.45, 2.75) is 13.5 Å². The van der Waals surface area contributed by atoms with E-state index in [1.807, 2.05) is 54.6 Å². The third-order valence-electron chi connectivity index (χ3n) is 2.53. The molecule has 0 spiro atoms. The van der Waals surface area contributed by atoms with Crippen molar-refractivity contribution < 1.29 is 9.53 Å². The summed E-state index contributed by atoms with van der Waals surface area (Å²) in [4.78, 5) is 11.4. The van der Waals surface area contributed by atoms with E-state index in [4.69, 9.17) is 4.74 Å². The number of ether oxygens (including phenoxy) is 1. The molecule has 0 aliphatic heterocycles. The lowest BCUT2D eigenvalue weighted by Gasteiger charge is -2.08. The monoisotopic (exact) mass is 226 g/mol. The highest BCUT2D eigenvalue weighted by molar-refractivity contribution is 5.95. The third kappa shape index (κ3) is 2.94. The fraction of sp³-hybridized carbons (Fsp3) is 0.133. The molecule has 2 nitrogen and oxygen atoms in total. The van der Waals surface area contributed by atoms with E-state index in [1.54, 1.807) is 6.92 Å². The van der Waals surface area contributed by atoms with E-state index >= 15 is 0 Å². The quantitative estimate of drug-likeness (QED) is 0.746. The highest BCUT2D eigenvalue weighted by Crippen LogP contribution is 2.14. The second-order valence-electron chi connectivity index (χ2n) is 3.82. The number of ketones is 1. The standard InChI is InChI=1S/C15H14O2/c1-12(16)15-10-6-5-7-13(15)11-17-14-8-3-2-4-9-14/h2-10H,11H2,1H3. The summed E-state index contributed by atoms with van der Waals surface area (Å²) >= 11 is 0. The molecule has 0 aliphatic rings. The fourth-order valence-corrected chi connectivity index (χ4v) is 1.67. The largest absolute Gasteiger partial charge is 0.489 e. The Bertz CT molecular complexity index is 503. The van der Waals surface area contributed by atoms with Crippen LogP contribution in [0.3, 0.4) is 0 Å². The zero-order chi connectivity index (χ0) is 12.1. The zero-order valence-electron chi connectivity index (χ0n) is 9.72. The van der Waals surface area contributed by atoms with Gasteiger partial charge in [-0.2, -0.15) is 0 Å². The molecule has 0 aliphatic carbocycles. The van der Waals surface area contributed by atoms with Gasteiger partial charge in [0.25, 0.3) is 0 Å². The van der Waals surface area contributed by atoms with E-state index in [2.05, 4.69) is 0 Å². The van der Waals surface area contributed by atoms with Crippen molar-refractivity contribution in [2.24, 2.45) is 0 Å². The van der Waals surface area contributed by atoms with Crippen molar-refractivity contribution in [3.63, 3.8) is 0 Å². The summed E-state index contributed by atoms with van der Waals surface area (Å²) in [6, 6.07) is 17.1. The molecule has 0 bridgehead atoms. The molecule has 0 fully saturated rings. The first-order chi connectivity index (χ1) is 8.27.